The molecule has 5 N–H and O–H groups in total. The van der Waals surface area contributed by atoms with Gasteiger partial charge in [-0.3, -0.25) is 25.2 Å². The van der Waals surface area contributed by atoms with Crippen molar-refractivity contribution in [3.8, 4) is 0 Å². The molecule has 0 aliphatic carbocycles. The van der Waals surface area contributed by atoms with Gasteiger partial charge in [-0.05, 0) is 18.6 Å². The highest BCUT2D eigenvalue weighted by molar-refractivity contribution is 6.05. The van der Waals surface area contributed by atoms with Crippen LogP contribution >= 0.6 is 0 Å². The number of nitrogens with zero attached hydrogens (tertiary/aromatic N) is 2. The van der Waals surface area contributed by atoms with Crippen LogP contribution in [0.15, 0.2) is 59.4 Å². The second-order valence-corrected chi connectivity index (χ2v) is 6.71. The second-order valence-electron chi connectivity index (χ2n) is 6.71. The van der Waals surface area contributed by atoms with E-state index in [1.165, 1.54) is 4.68 Å². The molecule has 0 unspecified atom stereocenters. The van der Waals surface area contributed by atoms with E-state index in [0.29, 0.717) is 10.8 Å². The summed E-state index contributed by atoms with van der Waals surface area (Å²) in [5.41, 5.74) is 10.2. The van der Waals surface area contributed by atoms with E-state index in [2.05, 4.69) is 21.3 Å². The van der Waals surface area contributed by atoms with Crippen LogP contribution in [0, 0.1) is 0 Å². The summed E-state index contributed by atoms with van der Waals surface area (Å²) in [5, 5.41) is 7.17. The Bertz CT molecular complexity index is 1180. The largest absolute Gasteiger partial charge is 0.352 e. The van der Waals surface area contributed by atoms with Crippen molar-refractivity contribution in [2.45, 2.75) is 25.9 Å². The van der Waals surface area contributed by atoms with E-state index in [1.54, 1.807) is 55.5 Å². The Balaban J connectivity index is 1.78. The van der Waals surface area contributed by atoms with E-state index >= 15 is 0 Å². The molecule has 1 heterocycles. The summed E-state index contributed by atoms with van der Waals surface area (Å²) >= 11 is 0. The van der Waals surface area contributed by atoms with Crippen molar-refractivity contribution >= 4 is 28.6 Å². The van der Waals surface area contributed by atoms with Crippen LogP contribution in [0.25, 0.3) is 10.8 Å². The number of nitrogens with two attached hydrogens (primary N) is 1. The summed E-state index contributed by atoms with van der Waals surface area (Å²) in [6.45, 7) is 2.01. The first kappa shape index (κ1) is 21.5. The lowest BCUT2D eigenvalue weighted by Gasteiger charge is -2.18. The number of urea groups is 1. The third kappa shape index (κ3) is 5.04. The van der Waals surface area contributed by atoms with Crippen LogP contribution in [0.4, 0.5) is 4.79 Å². The molecule has 1 aromatic heterocycles. The average molecular weight is 422 g/mol. The maximum absolute atomic E-state index is 12.7. The molecule has 3 rings (SSSR count). The minimum absolute atomic E-state index is 0.0141. The second kappa shape index (κ2) is 9.53. The number of primary amides is 1. The summed E-state index contributed by atoms with van der Waals surface area (Å²) in [7, 11) is 0. The van der Waals surface area contributed by atoms with E-state index in [1.807, 2.05) is 6.07 Å². The quantitative estimate of drug-likeness (QED) is 0.426. The van der Waals surface area contributed by atoms with E-state index < -0.39 is 23.9 Å². The minimum atomic E-state index is -1.01. The average Bonchev–Trinajstić information content (AvgIpc) is 2.77. The number of carbonyl (C=O) groups is 3. The van der Waals surface area contributed by atoms with Crippen molar-refractivity contribution in [1.29, 1.82) is 0 Å². The number of nitrogens with one attached hydrogen (secondary N) is 3. The molecule has 4 amide bonds. The summed E-state index contributed by atoms with van der Waals surface area (Å²) in [5.74, 6) is -1.37. The number of benzene rings is 2. The first-order chi connectivity index (χ1) is 14.9. The molecule has 0 aliphatic rings. The van der Waals surface area contributed by atoms with Gasteiger partial charge in [0, 0.05) is 18.4 Å². The maximum atomic E-state index is 12.7. The number of carbonyl (C=O) groups excluding carboxylic acids is 3. The van der Waals surface area contributed by atoms with Crippen molar-refractivity contribution < 1.29 is 14.4 Å². The molecule has 0 saturated heterocycles. The summed E-state index contributed by atoms with van der Waals surface area (Å²) in [4.78, 5) is 49.0. The lowest BCUT2D eigenvalue weighted by Crippen LogP contribution is -2.54. The molecule has 0 fully saturated rings. The highest BCUT2D eigenvalue weighted by Crippen LogP contribution is 2.13. The zero-order valence-corrected chi connectivity index (χ0v) is 16.8. The van der Waals surface area contributed by atoms with Crippen LogP contribution in [0.2, 0.25) is 0 Å². The molecule has 1 atom stereocenters. The number of hydrogen-bond acceptors (Lipinski definition) is 5. The van der Waals surface area contributed by atoms with E-state index in [4.69, 9.17) is 5.73 Å². The Kier molecular flexibility index (Phi) is 6.61. The van der Waals surface area contributed by atoms with Gasteiger partial charge < -0.3 is 11.1 Å². The van der Waals surface area contributed by atoms with Gasteiger partial charge in [0.25, 0.3) is 17.4 Å². The molecule has 0 radical (unpaired) electrons. The van der Waals surface area contributed by atoms with Crippen LogP contribution in [-0.4, -0.2) is 33.7 Å². The monoisotopic (exact) mass is 422 g/mol. The van der Waals surface area contributed by atoms with Crippen LogP contribution < -0.4 is 27.5 Å². The SMILES string of the molecule is CCn1nc(C(=O)NNC(=O)[C@H](Cc2ccccc2)NC(N)=O)c2ccccc2c1=O. The zero-order chi connectivity index (χ0) is 22.4. The highest BCUT2D eigenvalue weighted by Gasteiger charge is 2.22. The van der Waals surface area contributed by atoms with Gasteiger partial charge in [0.2, 0.25) is 0 Å². The van der Waals surface area contributed by atoms with Crippen LogP contribution in [0.3, 0.4) is 0 Å². The first-order valence-electron chi connectivity index (χ1n) is 9.60. The third-order valence-electron chi connectivity index (χ3n) is 4.60. The van der Waals surface area contributed by atoms with Crippen molar-refractivity contribution in [3.05, 3.63) is 76.2 Å². The van der Waals surface area contributed by atoms with Gasteiger partial charge in [0.1, 0.15) is 6.04 Å². The molecule has 160 valence electrons. The fraction of sp³-hybridized carbons (Fsp3) is 0.190. The molecule has 0 saturated carbocycles. The molecule has 2 aromatic carbocycles. The van der Waals surface area contributed by atoms with Crippen molar-refractivity contribution in [1.82, 2.24) is 25.9 Å². The molecule has 31 heavy (non-hydrogen) atoms. The number of hydrogen-bond donors (Lipinski definition) is 4. The molecule has 3 aromatic rings. The van der Waals surface area contributed by atoms with Gasteiger partial charge in [-0.2, -0.15) is 5.10 Å². The van der Waals surface area contributed by atoms with E-state index in [9.17, 15) is 19.2 Å². The summed E-state index contributed by atoms with van der Waals surface area (Å²) in [6.07, 6.45) is 0.174. The lowest BCUT2D eigenvalue weighted by molar-refractivity contribution is -0.123. The topological polar surface area (TPSA) is 148 Å². The predicted molar refractivity (Wildman–Crippen MR) is 114 cm³/mol. The van der Waals surface area contributed by atoms with E-state index in [-0.39, 0.29) is 24.2 Å². The Hall–Kier alpha value is -4.21. The fourth-order valence-corrected chi connectivity index (χ4v) is 3.11. The van der Waals surface area contributed by atoms with Gasteiger partial charge in [-0.15, -0.1) is 0 Å². The van der Waals surface area contributed by atoms with Gasteiger partial charge in [-0.1, -0.05) is 48.5 Å². The Morgan fingerprint density at radius 1 is 1.00 bits per heavy atom. The molecule has 0 bridgehead atoms. The molecule has 0 spiro atoms. The highest BCUT2D eigenvalue weighted by atomic mass is 16.2. The van der Waals surface area contributed by atoms with Crippen molar-refractivity contribution in [3.63, 3.8) is 0 Å². The standard InChI is InChI=1S/C21H22N6O4/c1-2-27-20(30)15-11-7-6-10-14(15)17(26-27)19(29)25-24-18(28)16(23-21(22)31)12-13-8-4-3-5-9-13/h3-11,16H,2,12H2,1H3,(H,24,28)(H,25,29)(H3,22,23,31)/t16-/m0/s1. The fourth-order valence-electron chi connectivity index (χ4n) is 3.11. The lowest BCUT2D eigenvalue weighted by atomic mass is 10.1. The maximum Gasteiger partial charge on any atom is 0.312 e. The normalized spacial score (nSPS) is 11.5. The smallest absolute Gasteiger partial charge is 0.312 e. The van der Waals surface area contributed by atoms with Crippen molar-refractivity contribution in [2.24, 2.45) is 5.73 Å². The molecule has 10 nitrogen and oxygen atoms in total. The number of aryl methyl sites for hydroxylation is 1. The molecule has 10 heteroatoms. The Morgan fingerprint density at radius 3 is 2.29 bits per heavy atom. The number of amides is 4. The molecule has 0 aliphatic heterocycles. The van der Waals surface area contributed by atoms with Gasteiger partial charge in [0.15, 0.2) is 5.69 Å². The first-order valence-corrected chi connectivity index (χ1v) is 9.60. The van der Waals surface area contributed by atoms with Gasteiger partial charge in [-0.25, -0.2) is 9.48 Å². The van der Waals surface area contributed by atoms with Crippen LogP contribution in [-0.2, 0) is 17.8 Å². The third-order valence-corrected chi connectivity index (χ3v) is 4.60. The van der Waals surface area contributed by atoms with Crippen molar-refractivity contribution in [2.75, 3.05) is 0 Å². The predicted octanol–water partition coefficient (Wildman–Crippen LogP) is 0.457. The number of aromatic nitrogens is 2. The van der Waals surface area contributed by atoms with E-state index in [0.717, 1.165) is 5.56 Å². The number of rotatable bonds is 6. The zero-order valence-electron chi connectivity index (χ0n) is 16.8. The summed E-state index contributed by atoms with van der Waals surface area (Å²) in [6, 6.07) is 13.7. The number of hydrazine groups is 1. The van der Waals surface area contributed by atoms with Gasteiger partial charge >= 0.3 is 6.03 Å². The van der Waals surface area contributed by atoms with Gasteiger partial charge in [0.05, 0.1) is 5.39 Å². The molecular formula is C21H22N6O4. The Morgan fingerprint density at radius 2 is 1.65 bits per heavy atom. The number of fused-ring (bicyclic) bond motifs is 1. The minimum Gasteiger partial charge on any atom is -0.352 e. The van der Waals surface area contributed by atoms with Crippen LogP contribution in [0.5, 0.6) is 0 Å². The van der Waals surface area contributed by atoms with Crippen LogP contribution in [0.1, 0.15) is 23.0 Å². The molecular weight excluding hydrogens is 400 g/mol. The Labute approximate surface area is 177 Å². The summed E-state index contributed by atoms with van der Waals surface area (Å²) < 4.78 is 1.17.